The number of methoxy groups -OCH3 is 1. The predicted molar refractivity (Wildman–Crippen MR) is 105 cm³/mol. The van der Waals surface area contributed by atoms with E-state index in [4.69, 9.17) is 9.88 Å². The molecule has 28 heavy (non-hydrogen) atoms. The van der Waals surface area contributed by atoms with Gasteiger partial charge in [0.15, 0.2) is 0 Å². The van der Waals surface area contributed by atoms with Crippen molar-refractivity contribution in [3.8, 4) is 17.0 Å². The molecule has 1 aromatic heterocycles. The summed E-state index contributed by atoms with van der Waals surface area (Å²) < 4.78 is 30.0. The first kappa shape index (κ1) is 18.2. The second kappa shape index (κ2) is 6.77. The molecule has 3 aromatic rings. The number of rotatable bonds is 4. The molecule has 0 saturated heterocycles. The number of sulfonamides is 1. The molecule has 8 nitrogen and oxygen atoms in total. The van der Waals surface area contributed by atoms with Gasteiger partial charge in [0.2, 0.25) is 10.0 Å². The SMILES string of the molecule is COc1ccc2c(c1)CCn1c-2cc(Nc2cccc(S(N)(=O)=O)c2)nc1=O. The maximum Gasteiger partial charge on any atom is 0.350 e. The lowest BCUT2D eigenvalue weighted by atomic mass is 9.97. The third kappa shape index (κ3) is 3.37. The summed E-state index contributed by atoms with van der Waals surface area (Å²) >= 11 is 0. The third-order valence-electron chi connectivity index (χ3n) is 4.64. The normalized spacial score (nSPS) is 12.8. The number of hydrogen-bond acceptors (Lipinski definition) is 6. The molecule has 4 rings (SSSR count). The number of nitrogens with one attached hydrogen (secondary N) is 1. The number of nitrogens with two attached hydrogens (primary N) is 1. The minimum absolute atomic E-state index is 0.0235. The lowest BCUT2D eigenvalue weighted by Gasteiger charge is -2.22. The van der Waals surface area contributed by atoms with Gasteiger partial charge >= 0.3 is 5.69 Å². The lowest BCUT2D eigenvalue weighted by molar-refractivity contribution is 0.414. The molecule has 0 amide bonds. The number of benzene rings is 2. The molecule has 0 spiro atoms. The summed E-state index contributed by atoms with van der Waals surface area (Å²) in [6.07, 6.45) is 0.713. The molecular weight excluding hydrogens is 380 g/mol. The maximum absolute atomic E-state index is 12.5. The van der Waals surface area contributed by atoms with E-state index in [1.165, 1.54) is 12.1 Å². The zero-order chi connectivity index (χ0) is 19.9. The van der Waals surface area contributed by atoms with E-state index in [2.05, 4.69) is 10.3 Å². The van der Waals surface area contributed by atoms with Crippen LogP contribution < -0.4 is 20.9 Å². The van der Waals surface area contributed by atoms with E-state index < -0.39 is 10.0 Å². The fourth-order valence-electron chi connectivity index (χ4n) is 3.29. The van der Waals surface area contributed by atoms with E-state index in [1.807, 2.05) is 18.2 Å². The van der Waals surface area contributed by atoms with E-state index >= 15 is 0 Å². The lowest BCUT2D eigenvalue weighted by Crippen LogP contribution is -2.28. The molecule has 0 saturated carbocycles. The van der Waals surface area contributed by atoms with E-state index in [9.17, 15) is 13.2 Å². The zero-order valence-electron chi connectivity index (χ0n) is 15.0. The molecule has 0 bridgehead atoms. The zero-order valence-corrected chi connectivity index (χ0v) is 15.9. The molecule has 0 radical (unpaired) electrons. The van der Waals surface area contributed by atoms with E-state index in [0.29, 0.717) is 24.5 Å². The molecule has 1 aliphatic heterocycles. The molecule has 2 heterocycles. The van der Waals surface area contributed by atoms with E-state index in [0.717, 1.165) is 22.6 Å². The average Bonchev–Trinajstić information content (AvgIpc) is 2.67. The first-order valence-electron chi connectivity index (χ1n) is 8.54. The standard InChI is InChI=1S/C19H18N4O4S/c1-27-14-5-6-16-12(9-14)7-8-23-17(16)11-18(22-19(23)24)21-13-3-2-4-15(10-13)28(20,25)26/h2-6,9-11H,7-8H2,1H3,(H2,20,25,26)(H,21,22,24). The minimum atomic E-state index is -3.82. The molecule has 2 aromatic carbocycles. The first-order chi connectivity index (χ1) is 13.3. The van der Waals surface area contributed by atoms with Gasteiger partial charge in [-0.3, -0.25) is 4.57 Å². The Kier molecular flexibility index (Phi) is 4.40. The number of ether oxygens (including phenoxy) is 1. The van der Waals surface area contributed by atoms with Crippen molar-refractivity contribution >= 4 is 21.5 Å². The summed E-state index contributed by atoms with van der Waals surface area (Å²) in [4.78, 5) is 16.6. The first-order valence-corrected chi connectivity index (χ1v) is 10.1. The van der Waals surface area contributed by atoms with Gasteiger partial charge in [0.1, 0.15) is 11.6 Å². The third-order valence-corrected chi connectivity index (χ3v) is 5.55. The second-order valence-corrected chi connectivity index (χ2v) is 7.99. The summed E-state index contributed by atoms with van der Waals surface area (Å²) in [5.74, 6) is 1.09. The topological polar surface area (TPSA) is 116 Å². The van der Waals surface area contributed by atoms with Crippen molar-refractivity contribution in [1.82, 2.24) is 9.55 Å². The second-order valence-electron chi connectivity index (χ2n) is 6.43. The van der Waals surface area contributed by atoms with Gasteiger partial charge in [0.25, 0.3) is 0 Å². The van der Waals surface area contributed by atoms with Gasteiger partial charge in [0, 0.05) is 23.9 Å². The number of primary sulfonamides is 1. The van der Waals surface area contributed by atoms with Crippen LogP contribution >= 0.6 is 0 Å². The maximum atomic E-state index is 12.5. The number of fused-ring (bicyclic) bond motifs is 3. The fourth-order valence-corrected chi connectivity index (χ4v) is 3.85. The summed E-state index contributed by atoms with van der Waals surface area (Å²) in [6, 6.07) is 13.5. The Morgan fingerprint density at radius 2 is 2.00 bits per heavy atom. The molecular formula is C19H18N4O4S. The van der Waals surface area contributed by atoms with E-state index in [1.54, 1.807) is 29.9 Å². The Morgan fingerprint density at radius 1 is 1.18 bits per heavy atom. The van der Waals surface area contributed by atoms with Crippen molar-refractivity contribution in [2.75, 3.05) is 12.4 Å². The Morgan fingerprint density at radius 3 is 2.75 bits per heavy atom. The van der Waals surface area contributed by atoms with Crippen LogP contribution in [-0.4, -0.2) is 25.1 Å². The van der Waals surface area contributed by atoms with Crippen LogP contribution in [0.5, 0.6) is 5.75 Å². The summed E-state index contributed by atoms with van der Waals surface area (Å²) in [5, 5.41) is 8.17. The van der Waals surface area contributed by atoms with Crippen LogP contribution in [0.4, 0.5) is 11.5 Å². The van der Waals surface area contributed by atoms with Gasteiger partial charge in [-0.15, -0.1) is 0 Å². The van der Waals surface area contributed by atoms with Crippen molar-refractivity contribution < 1.29 is 13.2 Å². The van der Waals surface area contributed by atoms with Gasteiger partial charge in [-0.25, -0.2) is 18.4 Å². The van der Waals surface area contributed by atoms with Crippen molar-refractivity contribution in [3.63, 3.8) is 0 Å². The molecule has 1 aliphatic rings. The van der Waals surface area contributed by atoms with Crippen molar-refractivity contribution in [1.29, 1.82) is 0 Å². The Labute approximate surface area is 161 Å². The fraction of sp³-hybridized carbons (Fsp3) is 0.158. The Balaban J connectivity index is 1.76. The Bertz CT molecular complexity index is 1230. The quantitative estimate of drug-likeness (QED) is 0.693. The van der Waals surface area contributed by atoms with Crippen LogP contribution in [0.1, 0.15) is 5.56 Å². The number of aryl methyl sites for hydroxylation is 1. The largest absolute Gasteiger partial charge is 0.497 e. The molecule has 3 N–H and O–H groups in total. The van der Waals surface area contributed by atoms with Crippen molar-refractivity contribution in [2.45, 2.75) is 17.9 Å². The van der Waals surface area contributed by atoms with Gasteiger partial charge in [-0.2, -0.15) is 4.98 Å². The van der Waals surface area contributed by atoms with Crippen molar-refractivity contribution in [2.24, 2.45) is 5.14 Å². The molecule has 144 valence electrons. The highest BCUT2D eigenvalue weighted by molar-refractivity contribution is 7.89. The highest BCUT2D eigenvalue weighted by atomic mass is 32.2. The molecule has 0 aliphatic carbocycles. The minimum Gasteiger partial charge on any atom is -0.497 e. The highest BCUT2D eigenvalue weighted by Gasteiger charge is 2.19. The van der Waals surface area contributed by atoms with Crippen LogP contribution in [0.15, 0.2) is 58.2 Å². The molecule has 9 heteroatoms. The van der Waals surface area contributed by atoms with Crippen LogP contribution in [0, 0.1) is 0 Å². The van der Waals surface area contributed by atoms with Crippen LogP contribution in [0.3, 0.4) is 0 Å². The van der Waals surface area contributed by atoms with Crippen molar-refractivity contribution in [3.05, 3.63) is 64.6 Å². The number of hydrogen-bond donors (Lipinski definition) is 2. The van der Waals surface area contributed by atoms with Crippen LogP contribution in [0.2, 0.25) is 0 Å². The highest BCUT2D eigenvalue weighted by Crippen LogP contribution is 2.32. The van der Waals surface area contributed by atoms with Crippen LogP contribution in [0.25, 0.3) is 11.3 Å². The van der Waals surface area contributed by atoms with E-state index in [-0.39, 0.29) is 10.6 Å². The average molecular weight is 398 g/mol. The Hall–Kier alpha value is -3.17. The summed E-state index contributed by atoms with van der Waals surface area (Å²) in [7, 11) is -2.21. The number of anilines is 2. The predicted octanol–water partition coefficient (Wildman–Crippen LogP) is 1.87. The van der Waals surface area contributed by atoms with Gasteiger partial charge < -0.3 is 10.1 Å². The molecule has 0 fully saturated rings. The molecule has 0 unspecified atom stereocenters. The monoisotopic (exact) mass is 398 g/mol. The smallest absolute Gasteiger partial charge is 0.350 e. The van der Waals surface area contributed by atoms with Crippen LogP contribution in [-0.2, 0) is 23.0 Å². The summed E-state index contributed by atoms with van der Waals surface area (Å²) in [5.41, 5.74) is 2.87. The number of nitrogens with zero attached hydrogens (tertiary/aromatic N) is 2. The van der Waals surface area contributed by atoms with Gasteiger partial charge in [-0.1, -0.05) is 6.07 Å². The molecule has 0 atom stereocenters. The summed E-state index contributed by atoms with van der Waals surface area (Å²) in [6.45, 7) is 0.530. The van der Waals surface area contributed by atoms with Gasteiger partial charge in [-0.05, 0) is 48.4 Å². The van der Waals surface area contributed by atoms with Gasteiger partial charge in [0.05, 0.1) is 17.7 Å². The number of aromatic nitrogens is 2.